The highest BCUT2D eigenvalue weighted by Crippen LogP contribution is 2.25. The lowest BCUT2D eigenvalue weighted by molar-refractivity contribution is 0.148. The minimum atomic E-state index is -0.379. The minimum absolute atomic E-state index is 0.272. The average Bonchev–Trinajstić information content (AvgIpc) is 2.45. The molecule has 2 aromatic rings. The number of amides is 1. The van der Waals surface area contributed by atoms with Gasteiger partial charge in [0.25, 0.3) is 0 Å². The highest BCUT2D eigenvalue weighted by Gasteiger charge is 2.14. The number of carbonyl (C=O) groups is 1. The van der Waals surface area contributed by atoms with E-state index in [4.69, 9.17) is 4.74 Å². The lowest BCUT2D eigenvalue weighted by Gasteiger charge is -2.18. The van der Waals surface area contributed by atoms with Crippen molar-refractivity contribution in [3.8, 4) is 0 Å². The van der Waals surface area contributed by atoms with Crippen LogP contribution < -0.4 is 4.90 Å². The number of carbonyl (C=O) groups excluding carboxylic acids is 1. The van der Waals surface area contributed by atoms with Crippen molar-refractivity contribution >= 4 is 27.7 Å². The fourth-order valence-electron chi connectivity index (χ4n) is 1.64. The minimum Gasteiger partial charge on any atom is -0.444 e. The molecule has 2 aromatic carbocycles. The zero-order valence-electron chi connectivity index (χ0n) is 10.5. The second-order valence-corrected chi connectivity index (χ2v) is 4.90. The summed E-state index contributed by atoms with van der Waals surface area (Å²) in [6, 6.07) is 17.1. The van der Waals surface area contributed by atoms with E-state index in [0.717, 1.165) is 15.7 Å². The van der Waals surface area contributed by atoms with E-state index in [9.17, 15) is 4.79 Å². The molecule has 0 aliphatic rings. The number of anilines is 1. The van der Waals surface area contributed by atoms with Crippen LogP contribution in [-0.4, -0.2) is 13.1 Å². The van der Waals surface area contributed by atoms with Crippen LogP contribution in [0.2, 0.25) is 0 Å². The molecule has 1 amide bonds. The van der Waals surface area contributed by atoms with Crippen LogP contribution in [0.4, 0.5) is 10.5 Å². The molecule has 0 aromatic heterocycles. The van der Waals surface area contributed by atoms with Gasteiger partial charge in [0, 0.05) is 11.5 Å². The zero-order valence-corrected chi connectivity index (χ0v) is 12.1. The van der Waals surface area contributed by atoms with E-state index < -0.39 is 0 Å². The molecular formula is C15H14BrNO2. The summed E-state index contributed by atoms with van der Waals surface area (Å²) in [6.07, 6.45) is -0.379. The summed E-state index contributed by atoms with van der Waals surface area (Å²) >= 11 is 3.41. The van der Waals surface area contributed by atoms with Gasteiger partial charge in [0.15, 0.2) is 0 Å². The van der Waals surface area contributed by atoms with Crippen LogP contribution in [-0.2, 0) is 11.3 Å². The number of para-hydroxylation sites is 1. The molecule has 0 radical (unpaired) electrons. The standard InChI is InChI=1S/C15H14BrNO2/c1-17(14-10-6-5-9-13(14)16)15(18)19-11-12-7-3-2-4-8-12/h2-10H,11H2,1H3. The molecule has 19 heavy (non-hydrogen) atoms. The molecule has 4 heteroatoms. The van der Waals surface area contributed by atoms with E-state index in [-0.39, 0.29) is 12.7 Å². The van der Waals surface area contributed by atoms with Crippen molar-refractivity contribution in [1.82, 2.24) is 0 Å². The lowest BCUT2D eigenvalue weighted by Crippen LogP contribution is -2.27. The molecule has 0 fully saturated rings. The van der Waals surface area contributed by atoms with Crippen LogP contribution in [0.25, 0.3) is 0 Å². The summed E-state index contributed by atoms with van der Waals surface area (Å²) in [5.74, 6) is 0. The SMILES string of the molecule is CN(C(=O)OCc1ccccc1)c1ccccc1Br. The number of hydrogen-bond acceptors (Lipinski definition) is 2. The molecule has 0 bridgehead atoms. The number of nitrogens with zero attached hydrogens (tertiary/aromatic N) is 1. The maximum Gasteiger partial charge on any atom is 0.414 e. The van der Waals surface area contributed by atoms with Gasteiger partial charge in [-0.05, 0) is 33.6 Å². The average molecular weight is 320 g/mol. The molecule has 2 rings (SSSR count). The maximum atomic E-state index is 12.0. The maximum absolute atomic E-state index is 12.0. The summed E-state index contributed by atoms with van der Waals surface area (Å²) in [6.45, 7) is 0.272. The van der Waals surface area contributed by atoms with Crippen LogP contribution in [0.5, 0.6) is 0 Å². The van der Waals surface area contributed by atoms with Gasteiger partial charge in [0.1, 0.15) is 6.61 Å². The van der Waals surface area contributed by atoms with Crippen molar-refractivity contribution in [2.24, 2.45) is 0 Å². The molecule has 0 atom stereocenters. The molecule has 0 unspecified atom stereocenters. The highest BCUT2D eigenvalue weighted by atomic mass is 79.9. The quantitative estimate of drug-likeness (QED) is 0.847. The van der Waals surface area contributed by atoms with E-state index in [1.807, 2.05) is 54.6 Å². The number of benzene rings is 2. The normalized spacial score (nSPS) is 10.0. The van der Waals surface area contributed by atoms with Gasteiger partial charge >= 0.3 is 6.09 Å². The van der Waals surface area contributed by atoms with E-state index >= 15 is 0 Å². The zero-order chi connectivity index (χ0) is 13.7. The molecule has 0 saturated heterocycles. The first kappa shape index (κ1) is 13.6. The van der Waals surface area contributed by atoms with Crippen LogP contribution in [0, 0.1) is 0 Å². The Morgan fingerprint density at radius 2 is 1.74 bits per heavy atom. The van der Waals surface area contributed by atoms with Gasteiger partial charge in [-0.1, -0.05) is 42.5 Å². The van der Waals surface area contributed by atoms with Crippen molar-refractivity contribution < 1.29 is 9.53 Å². The molecule has 0 aliphatic carbocycles. The molecule has 0 N–H and O–H groups in total. The predicted octanol–water partition coefficient (Wildman–Crippen LogP) is 4.22. The third kappa shape index (κ3) is 3.58. The first-order chi connectivity index (χ1) is 9.18. The summed E-state index contributed by atoms with van der Waals surface area (Å²) in [5.41, 5.74) is 1.75. The van der Waals surface area contributed by atoms with Crippen LogP contribution >= 0.6 is 15.9 Å². The molecule has 98 valence electrons. The van der Waals surface area contributed by atoms with E-state index in [1.54, 1.807) is 7.05 Å². The monoisotopic (exact) mass is 319 g/mol. The molecular weight excluding hydrogens is 306 g/mol. The van der Waals surface area contributed by atoms with Gasteiger partial charge in [-0.25, -0.2) is 4.79 Å². The van der Waals surface area contributed by atoms with Gasteiger partial charge in [-0.2, -0.15) is 0 Å². The third-order valence-electron chi connectivity index (χ3n) is 2.69. The van der Waals surface area contributed by atoms with Crippen LogP contribution in [0.15, 0.2) is 59.1 Å². The predicted molar refractivity (Wildman–Crippen MR) is 79.2 cm³/mol. The van der Waals surface area contributed by atoms with E-state index in [2.05, 4.69) is 15.9 Å². The summed E-state index contributed by atoms with van der Waals surface area (Å²) < 4.78 is 6.12. The van der Waals surface area contributed by atoms with E-state index in [0.29, 0.717) is 0 Å². The van der Waals surface area contributed by atoms with Gasteiger partial charge in [0.05, 0.1) is 5.69 Å². The smallest absolute Gasteiger partial charge is 0.414 e. The van der Waals surface area contributed by atoms with Crippen molar-refractivity contribution in [3.63, 3.8) is 0 Å². The highest BCUT2D eigenvalue weighted by molar-refractivity contribution is 9.10. The van der Waals surface area contributed by atoms with Gasteiger partial charge in [-0.3, -0.25) is 4.90 Å². The van der Waals surface area contributed by atoms with Gasteiger partial charge < -0.3 is 4.74 Å². The number of hydrogen-bond donors (Lipinski definition) is 0. The Labute approximate surface area is 120 Å². The Kier molecular flexibility index (Phi) is 4.58. The molecule has 0 aliphatic heterocycles. The first-order valence-electron chi connectivity index (χ1n) is 5.87. The Morgan fingerprint density at radius 1 is 1.11 bits per heavy atom. The Morgan fingerprint density at radius 3 is 2.42 bits per heavy atom. The van der Waals surface area contributed by atoms with Crippen LogP contribution in [0.3, 0.4) is 0 Å². The lowest BCUT2D eigenvalue weighted by atomic mass is 10.2. The van der Waals surface area contributed by atoms with Crippen molar-refractivity contribution in [3.05, 3.63) is 64.6 Å². The molecule has 3 nitrogen and oxygen atoms in total. The fraction of sp³-hybridized carbons (Fsp3) is 0.133. The Bertz CT molecular complexity index is 557. The number of ether oxygens (including phenoxy) is 1. The second kappa shape index (κ2) is 6.38. The Hall–Kier alpha value is -1.81. The van der Waals surface area contributed by atoms with Crippen molar-refractivity contribution in [2.75, 3.05) is 11.9 Å². The summed E-state index contributed by atoms with van der Waals surface area (Å²) in [5, 5.41) is 0. The number of halogens is 1. The molecule has 0 heterocycles. The summed E-state index contributed by atoms with van der Waals surface area (Å²) in [7, 11) is 1.69. The molecule has 0 spiro atoms. The van der Waals surface area contributed by atoms with Crippen molar-refractivity contribution in [2.45, 2.75) is 6.61 Å². The van der Waals surface area contributed by atoms with Crippen molar-refractivity contribution in [1.29, 1.82) is 0 Å². The fourth-order valence-corrected chi connectivity index (χ4v) is 2.19. The third-order valence-corrected chi connectivity index (χ3v) is 3.36. The van der Waals surface area contributed by atoms with Gasteiger partial charge in [-0.15, -0.1) is 0 Å². The van der Waals surface area contributed by atoms with E-state index in [1.165, 1.54) is 4.90 Å². The molecule has 0 saturated carbocycles. The summed E-state index contributed by atoms with van der Waals surface area (Å²) in [4.78, 5) is 13.4. The van der Waals surface area contributed by atoms with Crippen LogP contribution in [0.1, 0.15) is 5.56 Å². The largest absolute Gasteiger partial charge is 0.444 e. The first-order valence-corrected chi connectivity index (χ1v) is 6.66. The second-order valence-electron chi connectivity index (χ2n) is 4.05. The number of rotatable bonds is 3. The topological polar surface area (TPSA) is 29.5 Å². The Balaban J connectivity index is 1.99. The van der Waals surface area contributed by atoms with Gasteiger partial charge in [0.2, 0.25) is 0 Å².